The summed E-state index contributed by atoms with van der Waals surface area (Å²) in [5.74, 6) is -1.37. The van der Waals surface area contributed by atoms with Gasteiger partial charge in [0.1, 0.15) is 37.3 Å². The highest BCUT2D eigenvalue weighted by atomic mass is 16.4. The molecule has 29 heavy (non-hydrogen) atoms. The van der Waals surface area contributed by atoms with E-state index < -0.39 is 22.4 Å². The van der Waals surface area contributed by atoms with Gasteiger partial charge in [-0.25, -0.2) is 0 Å². The van der Waals surface area contributed by atoms with Gasteiger partial charge in [0.05, 0.1) is 0 Å². The molecule has 11 heteroatoms. The fourth-order valence-electron chi connectivity index (χ4n) is 1.05. The van der Waals surface area contributed by atoms with Crippen LogP contribution in [0.1, 0.15) is 25.4 Å². The third kappa shape index (κ3) is 13.5. The van der Waals surface area contributed by atoms with Gasteiger partial charge in [-0.1, -0.05) is 0 Å². The number of ketones is 2. The average Bonchev–Trinajstić information content (AvgIpc) is 2.67. The van der Waals surface area contributed by atoms with Crippen LogP contribution >= 0.6 is 0 Å². The molecule has 0 aliphatic heterocycles. The molecule has 2 heterocycles. The normalized spacial score (nSPS) is 8.90. The second kappa shape index (κ2) is 15.7. The van der Waals surface area contributed by atoms with E-state index in [2.05, 4.69) is 13.6 Å². The van der Waals surface area contributed by atoms with Crippen molar-refractivity contribution in [2.24, 2.45) is 0 Å². The smallest absolute Gasteiger partial charge is 0.226 e. The number of methoxy groups -OCH3 is 1. The van der Waals surface area contributed by atoms with Gasteiger partial charge in [-0.2, -0.15) is 0 Å². The molecule has 2 aromatic heterocycles. The summed E-state index contributed by atoms with van der Waals surface area (Å²) in [5.41, 5.74) is -1.09. The van der Waals surface area contributed by atoms with Crippen LogP contribution in [0.15, 0.2) is 43.1 Å². The Labute approximate surface area is 165 Å². The van der Waals surface area contributed by atoms with E-state index in [-0.39, 0.29) is 36.3 Å². The number of aromatic hydroxyl groups is 2. The summed E-state index contributed by atoms with van der Waals surface area (Å²) < 4.78 is 13.4. The fraction of sp³-hybridized carbons (Fsp3) is 0.333. The van der Waals surface area contributed by atoms with E-state index in [0.29, 0.717) is 0 Å². The lowest BCUT2D eigenvalue weighted by molar-refractivity contribution is -0.134. The standard InChI is InChI=1S/2C6H6O4.C4H6O2.C2H6O/c2*7-2-4-1-5(8)6(9)3-10-4;1-3(5)4(2)6;1-3-2/h2*1,3,7,9H,2H2;1-2H3;1-2H3. The van der Waals surface area contributed by atoms with Crippen LogP contribution in [0.4, 0.5) is 0 Å². The molecular formula is C18H24O11. The number of aliphatic hydroxyl groups excluding tert-OH is 2. The van der Waals surface area contributed by atoms with Crippen molar-refractivity contribution in [3.63, 3.8) is 0 Å². The number of aliphatic hydroxyl groups is 2. The maximum Gasteiger partial charge on any atom is 0.226 e. The molecule has 0 spiro atoms. The van der Waals surface area contributed by atoms with Crippen LogP contribution in [0.25, 0.3) is 0 Å². The Morgan fingerprint density at radius 1 is 0.828 bits per heavy atom. The maximum atomic E-state index is 10.6. The van der Waals surface area contributed by atoms with Crippen LogP contribution in [-0.2, 0) is 27.5 Å². The largest absolute Gasteiger partial charge is 0.502 e. The van der Waals surface area contributed by atoms with E-state index in [4.69, 9.17) is 20.4 Å². The quantitative estimate of drug-likeness (QED) is 0.497. The topological polar surface area (TPSA) is 185 Å². The first-order chi connectivity index (χ1) is 13.5. The molecule has 0 aromatic carbocycles. The second-order valence-corrected chi connectivity index (χ2v) is 5.03. The van der Waals surface area contributed by atoms with Crippen LogP contribution in [0.5, 0.6) is 11.5 Å². The summed E-state index contributed by atoms with van der Waals surface area (Å²) in [6.07, 6.45) is 1.79. The Bertz CT molecular complexity index is 793. The summed E-state index contributed by atoms with van der Waals surface area (Å²) in [6.45, 7) is 1.83. The Morgan fingerprint density at radius 2 is 1.10 bits per heavy atom. The van der Waals surface area contributed by atoms with E-state index in [0.717, 1.165) is 24.7 Å². The molecule has 11 nitrogen and oxygen atoms in total. The van der Waals surface area contributed by atoms with Gasteiger partial charge in [0.25, 0.3) is 0 Å². The molecule has 0 saturated heterocycles. The van der Waals surface area contributed by atoms with Gasteiger partial charge in [-0.05, 0) is 0 Å². The SMILES string of the molecule is CC(=O)C(C)=O.COC.O=c1cc(CO)occ1O.O=c1cc(CO)occ1O. The van der Waals surface area contributed by atoms with Crippen LogP contribution in [0.3, 0.4) is 0 Å². The highest BCUT2D eigenvalue weighted by molar-refractivity contribution is 6.35. The van der Waals surface area contributed by atoms with Crippen molar-refractivity contribution < 1.29 is 43.6 Å². The van der Waals surface area contributed by atoms with Crippen molar-refractivity contribution in [3.8, 4) is 11.5 Å². The van der Waals surface area contributed by atoms with E-state index in [9.17, 15) is 19.2 Å². The van der Waals surface area contributed by atoms with Gasteiger partial charge in [-0.3, -0.25) is 19.2 Å². The lowest BCUT2D eigenvalue weighted by atomic mass is 10.3. The molecule has 0 aliphatic rings. The average molecular weight is 416 g/mol. The number of ether oxygens (including phenoxy) is 1. The van der Waals surface area contributed by atoms with E-state index in [1.54, 1.807) is 14.2 Å². The first-order valence-electron chi connectivity index (χ1n) is 7.78. The van der Waals surface area contributed by atoms with Crippen molar-refractivity contribution in [1.29, 1.82) is 0 Å². The fourth-order valence-corrected chi connectivity index (χ4v) is 1.05. The summed E-state index contributed by atoms with van der Waals surface area (Å²) >= 11 is 0. The molecule has 0 amide bonds. The molecule has 0 fully saturated rings. The maximum absolute atomic E-state index is 10.6. The van der Waals surface area contributed by atoms with Crippen LogP contribution < -0.4 is 10.9 Å². The summed E-state index contributed by atoms with van der Waals surface area (Å²) in [5, 5.41) is 34.2. The highest BCUT2D eigenvalue weighted by Crippen LogP contribution is 2.02. The Balaban J connectivity index is 0. The van der Waals surface area contributed by atoms with Crippen molar-refractivity contribution in [2.75, 3.05) is 14.2 Å². The molecule has 2 rings (SSSR count). The first-order valence-corrected chi connectivity index (χ1v) is 7.78. The zero-order valence-corrected chi connectivity index (χ0v) is 16.4. The van der Waals surface area contributed by atoms with Gasteiger partial charge in [-0.15, -0.1) is 0 Å². The zero-order chi connectivity index (χ0) is 23.0. The summed E-state index contributed by atoms with van der Waals surface area (Å²) in [4.78, 5) is 40.7. The third-order valence-corrected chi connectivity index (χ3v) is 2.54. The predicted octanol–water partition coefficient (Wildman–Crippen LogP) is 0.102. The van der Waals surface area contributed by atoms with Gasteiger partial charge in [0, 0.05) is 40.2 Å². The minimum Gasteiger partial charge on any atom is -0.502 e. The Hall–Kier alpha value is -3.28. The van der Waals surface area contributed by atoms with Crippen molar-refractivity contribution in [3.05, 3.63) is 56.6 Å². The van der Waals surface area contributed by atoms with Crippen LogP contribution in [0.2, 0.25) is 0 Å². The molecule has 0 bridgehead atoms. The number of hydrogen-bond acceptors (Lipinski definition) is 11. The van der Waals surface area contributed by atoms with E-state index in [1.807, 2.05) is 0 Å². The number of carbonyl (C=O) groups is 2. The van der Waals surface area contributed by atoms with Gasteiger partial charge >= 0.3 is 0 Å². The van der Waals surface area contributed by atoms with Crippen LogP contribution in [-0.4, -0.2) is 46.2 Å². The molecule has 162 valence electrons. The third-order valence-electron chi connectivity index (χ3n) is 2.54. The minimum atomic E-state index is -0.546. The van der Waals surface area contributed by atoms with Crippen LogP contribution in [0, 0.1) is 0 Å². The summed E-state index contributed by atoms with van der Waals surface area (Å²) in [7, 11) is 3.25. The molecule has 2 aromatic rings. The second-order valence-electron chi connectivity index (χ2n) is 5.03. The minimum absolute atomic E-state index is 0.141. The van der Waals surface area contributed by atoms with Gasteiger partial charge in [0.2, 0.25) is 10.9 Å². The van der Waals surface area contributed by atoms with Crippen molar-refractivity contribution in [2.45, 2.75) is 27.1 Å². The molecule has 4 N–H and O–H groups in total. The van der Waals surface area contributed by atoms with Gasteiger partial charge in [0.15, 0.2) is 23.1 Å². The molecule has 0 radical (unpaired) electrons. The highest BCUT2D eigenvalue weighted by Gasteiger charge is 1.99. The zero-order valence-electron chi connectivity index (χ0n) is 16.4. The molecule has 0 saturated carbocycles. The Kier molecular flexibility index (Phi) is 15.2. The predicted molar refractivity (Wildman–Crippen MR) is 99.4 cm³/mol. The number of rotatable bonds is 3. The number of hydrogen-bond donors (Lipinski definition) is 4. The lowest BCUT2D eigenvalue weighted by Gasteiger charge is -1.92. The van der Waals surface area contributed by atoms with Crippen molar-refractivity contribution >= 4 is 11.6 Å². The lowest BCUT2D eigenvalue weighted by Crippen LogP contribution is -2.01. The van der Waals surface area contributed by atoms with Gasteiger partial charge < -0.3 is 34.0 Å². The number of Topliss-reactive ketones (excluding diaryl/α,β-unsaturated/α-hetero) is 2. The molecule has 0 atom stereocenters. The molecule has 0 aliphatic carbocycles. The van der Waals surface area contributed by atoms with E-state index in [1.165, 1.54) is 13.8 Å². The van der Waals surface area contributed by atoms with E-state index >= 15 is 0 Å². The first kappa shape index (κ1) is 27.9. The van der Waals surface area contributed by atoms with Crippen molar-refractivity contribution in [1.82, 2.24) is 0 Å². The molecule has 0 unspecified atom stereocenters. The monoisotopic (exact) mass is 416 g/mol. The summed E-state index contributed by atoms with van der Waals surface area (Å²) in [6, 6.07) is 2.07. The number of carbonyl (C=O) groups excluding carboxylic acids is 2. The molecular weight excluding hydrogens is 392 g/mol. The Morgan fingerprint density at radius 3 is 1.28 bits per heavy atom.